The maximum atomic E-state index is 6.15. The zero-order valence-corrected chi connectivity index (χ0v) is 9.42. The van der Waals surface area contributed by atoms with E-state index in [0.29, 0.717) is 12.0 Å². The van der Waals surface area contributed by atoms with Crippen LogP contribution in [0.5, 0.6) is 0 Å². The third-order valence-electron chi connectivity index (χ3n) is 3.49. The Morgan fingerprint density at radius 3 is 2.50 bits per heavy atom. The molecule has 0 radical (unpaired) electrons. The second-order valence-electron chi connectivity index (χ2n) is 5.01. The first-order valence-corrected chi connectivity index (χ1v) is 6.04. The fraction of sp³-hybridized carbons (Fsp3) is 1.00. The predicted molar refractivity (Wildman–Crippen MR) is 56.1 cm³/mol. The van der Waals surface area contributed by atoms with E-state index in [2.05, 4.69) is 13.8 Å². The van der Waals surface area contributed by atoms with Gasteiger partial charge in [0, 0.05) is 12.8 Å². The molecule has 2 heteroatoms. The molecule has 2 aliphatic rings. The minimum absolute atomic E-state index is 0.189. The molecule has 0 bridgehead atoms. The average Bonchev–Trinajstić information content (AvgIpc) is 2.19. The second-order valence-corrected chi connectivity index (χ2v) is 5.01. The summed E-state index contributed by atoms with van der Waals surface area (Å²) < 4.78 is 12.0. The van der Waals surface area contributed by atoms with Gasteiger partial charge in [-0.25, -0.2) is 0 Å². The van der Waals surface area contributed by atoms with Gasteiger partial charge in [-0.2, -0.15) is 0 Å². The van der Waals surface area contributed by atoms with Gasteiger partial charge in [0.1, 0.15) is 0 Å². The topological polar surface area (TPSA) is 18.5 Å². The molecule has 2 fully saturated rings. The Hall–Kier alpha value is -0.0800. The van der Waals surface area contributed by atoms with Crippen LogP contribution in [-0.2, 0) is 9.47 Å². The summed E-state index contributed by atoms with van der Waals surface area (Å²) in [6.07, 6.45) is 7.59. The first-order chi connectivity index (χ1) is 6.72. The fourth-order valence-corrected chi connectivity index (χ4v) is 2.55. The lowest BCUT2D eigenvalue weighted by Crippen LogP contribution is -2.47. The molecule has 1 aliphatic carbocycles. The largest absolute Gasteiger partial charge is 0.350 e. The van der Waals surface area contributed by atoms with Gasteiger partial charge in [-0.3, -0.25) is 0 Å². The van der Waals surface area contributed by atoms with Gasteiger partial charge in [-0.1, -0.05) is 20.3 Å². The van der Waals surface area contributed by atoms with Crippen LogP contribution < -0.4 is 0 Å². The molecule has 1 saturated heterocycles. The van der Waals surface area contributed by atoms with Crippen molar-refractivity contribution < 1.29 is 9.47 Å². The standard InChI is InChI=1S/C12H22O2/c1-10(2)11-6-9-13-12(14-11)7-4-3-5-8-12/h10-11H,3-9H2,1-2H3. The van der Waals surface area contributed by atoms with Crippen LogP contribution in [0.25, 0.3) is 0 Å². The summed E-state index contributed by atoms with van der Waals surface area (Å²) in [7, 11) is 0. The van der Waals surface area contributed by atoms with Crippen molar-refractivity contribution in [1.29, 1.82) is 0 Å². The molecule has 1 aliphatic heterocycles. The molecule has 0 aromatic carbocycles. The molecular formula is C12H22O2. The zero-order valence-electron chi connectivity index (χ0n) is 9.42. The summed E-state index contributed by atoms with van der Waals surface area (Å²) in [5.41, 5.74) is 0. The van der Waals surface area contributed by atoms with Gasteiger partial charge in [-0.15, -0.1) is 0 Å². The van der Waals surface area contributed by atoms with E-state index < -0.39 is 0 Å². The summed E-state index contributed by atoms with van der Waals surface area (Å²) in [5.74, 6) is 0.434. The molecule has 0 aromatic heterocycles. The van der Waals surface area contributed by atoms with Crippen LogP contribution in [0.15, 0.2) is 0 Å². The molecule has 14 heavy (non-hydrogen) atoms. The molecule has 1 spiro atoms. The van der Waals surface area contributed by atoms with Crippen molar-refractivity contribution in [3.63, 3.8) is 0 Å². The van der Waals surface area contributed by atoms with Crippen molar-refractivity contribution in [3.8, 4) is 0 Å². The molecule has 0 aromatic rings. The molecule has 2 nitrogen and oxygen atoms in total. The molecule has 1 atom stereocenters. The SMILES string of the molecule is CC(C)C1CCOC2(CCCCC2)O1. The van der Waals surface area contributed by atoms with Crippen molar-refractivity contribution in [2.45, 2.75) is 64.3 Å². The Kier molecular flexibility index (Phi) is 3.13. The summed E-state index contributed by atoms with van der Waals surface area (Å²) in [5, 5.41) is 0. The van der Waals surface area contributed by atoms with Gasteiger partial charge in [0.2, 0.25) is 0 Å². The minimum atomic E-state index is -0.189. The van der Waals surface area contributed by atoms with E-state index in [0.717, 1.165) is 25.9 Å². The summed E-state index contributed by atoms with van der Waals surface area (Å²) in [4.78, 5) is 0. The minimum Gasteiger partial charge on any atom is -0.350 e. The molecule has 1 saturated carbocycles. The van der Waals surface area contributed by atoms with Crippen molar-refractivity contribution in [2.75, 3.05) is 6.61 Å². The second kappa shape index (κ2) is 4.19. The number of rotatable bonds is 1. The van der Waals surface area contributed by atoms with E-state index in [1.54, 1.807) is 0 Å². The lowest BCUT2D eigenvalue weighted by molar-refractivity contribution is -0.311. The lowest BCUT2D eigenvalue weighted by atomic mass is 9.92. The maximum Gasteiger partial charge on any atom is 0.168 e. The Bertz CT molecular complexity index is 177. The molecule has 2 rings (SSSR count). The van der Waals surface area contributed by atoms with E-state index in [9.17, 15) is 0 Å². The number of ether oxygens (including phenoxy) is 2. The first kappa shape index (κ1) is 10.4. The summed E-state index contributed by atoms with van der Waals surface area (Å²) >= 11 is 0. The van der Waals surface area contributed by atoms with Crippen molar-refractivity contribution in [2.24, 2.45) is 5.92 Å². The number of hydrogen-bond donors (Lipinski definition) is 0. The fourth-order valence-electron chi connectivity index (χ4n) is 2.55. The average molecular weight is 198 g/mol. The molecule has 1 heterocycles. The van der Waals surface area contributed by atoms with Crippen LogP contribution in [0.2, 0.25) is 0 Å². The molecule has 82 valence electrons. The van der Waals surface area contributed by atoms with Gasteiger partial charge in [0.05, 0.1) is 12.7 Å². The molecular weight excluding hydrogens is 176 g/mol. The highest BCUT2D eigenvalue weighted by atomic mass is 16.7. The smallest absolute Gasteiger partial charge is 0.168 e. The quantitative estimate of drug-likeness (QED) is 0.644. The number of hydrogen-bond acceptors (Lipinski definition) is 2. The van der Waals surface area contributed by atoms with Gasteiger partial charge in [0.25, 0.3) is 0 Å². The Morgan fingerprint density at radius 1 is 1.14 bits per heavy atom. The van der Waals surface area contributed by atoms with E-state index in [1.807, 2.05) is 0 Å². The summed E-state index contributed by atoms with van der Waals surface area (Å²) in [6.45, 7) is 5.38. The third kappa shape index (κ3) is 2.12. The van der Waals surface area contributed by atoms with Gasteiger partial charge in [0.15, 0.2) is 5.79 Å². The zero-order chi connectivity index (χ0) is 10.0. The van der Waals surface area contributed by atoms with Crippen LogP contribution >= 0.6 is 0 Å². The van der Waals surface area contributed by atoms with Crippen LogP contribution in [0.1, 0.15) is 52.4 Å². The highest BCUT2D eigenvalue weighted by molar-refractivity contribution is 4.81. The highest BCUT2D eigenvalue weighted by Gasteiger charge is 2.40. The Labute approximate surface area is 87.0 Å². The highest BCUT2D eigenvalue weighted by Crippen LogP contribution is 2.38. The normalized spacial score (nSPS) is 32.4. The van der Waals surface area contributed by atoms with Crippen LogP contribution in [0.3, 0.4) is 0 Å². The predicted octanol–water partition coefficient (Wildman–Crippen LogP) is 3.11. The van der Waals surface area contributed by atoms with Crippen LogP contribution in [0.4, 0.5) is 0 Å². The van der Waals surface area contributed by atoms with Crippen molar-refractivity contribution in [3.05, 3.63) is 0 Å². The first-order valence-electron chi connectivity index (χ1n) is 6.04. The Morgan fingerprint density at radius 2 is 1.86 bits per heavy atom. The monoisotopic (exact) mass is 198 g/mol. The summed E-state index contributed by atoms with van der Waals surface area (Å²) in [6, 6.07) is 0. The maximum absolute atomic E-state index is 6.15. The lowest BCUT2D eigenvalue weighted by Gasteiger charge is -2.44. The van der Waals surface area contributed by atoms with Crippen LogP contribution in [0, 0.1) is 5.92 Å². The van der Waals surface area contributed by atoms with Crippen molar-refractivity contribution in [1.82, 2.24) is 0 Å². The van der Waals surface area contributed by atoms with E-state index >= 15 is 0 Å². The molecule has 0 N–H and O–H groups in total. The van der Waals surface area contributed by atoms with Gasteiger partial charge in [-0.05, 0) is 25.2 Å². The van der Waals surface area contributed by atoms with Gasteiger partial charge >= 0.3 is 0 Å². The molecule has 0 amide bonds. The van der Waals surface area contributed by atoms with Crippen LogP contribution in [-0.4, -0.2) is 18.5 Å². The molecule has 1 unspecified atom stereocenters. The van der Waals surface area contributed by atoms with Gasteiger partial charge < -0.3 is 9.47 Å². The van der Waals surface area contributed by atoms with E-state index in [1.165, 1.54) is 19.3 Å². The van der Waals surface area contributed by atoms with Crippen molar-refractivity contribution >= 4 is 0 Å². The Balaban J connectivity index is 1.97. The van der Waals surface area contributed by atoms with E-state index in [-0.39, 0.29) is 5.79 Å². The third-order valence-corrected chi connectivity index (χ3v) is 3.49. The van der Waals surface area contributed by atoms with E-state index in [4.69, 9.17) is 9.47 Å².